The van der Waals surface area contributed by atoms with Crippen LogP contribution in [-0.2, 0) is 21.3 Å². The number of fused-ring (bicyclic) bond motifs is 1. The summed E-state index contributed by atoms with van der Waals surface area (Å²) in [6.07, 6.45) is 3.33. The Kier molecular flexibility index (Phi) is 5.03. The summed E-state index contributed by atoms with van der Waals surface area (Å²) in [6.45, 7) is 1.40. The van der Waals surface area contributed by atoms with Gasteiger partial charge in [-0.15, -0.1) is 11.3 Å². The van der Waals surface area contributed by atoms with Crippen LogP contribution in [0.1, 0.15) is 28.1 Å². The van der Waals surface area contributed by atoms with Gasteiger partial charge in [0.05, 0.1) is 18.3 Å². The number of nitrogens with one attached hydrogen (secondary N) is 1. The summed E-state index contributed by atoms with van der Waals surface area (Å²) in [7, 11) is -3.94. The maximum atomic E-state index is 13.2. The number of ether oxygens (including phenoxy) is 1. The normalized spacial score (nSPS) is 22.8. The first-order valence-corrected chi connectivity index (χ1v) is 11.1. The Morgan fingerprint density at radius 3 is 2.81 bits per heavy atom. The molecular formula is C19H20N2O4S2. The molecule has 1 atom stereocenters. The van der Waals surface area contributed by atoms with Gasteiger partial charge in [0.15, 0.2) is 4.91 Å². The first-order chi connectivity index (χ1) is 13.1. The van der Waals surface area contributed by atoms with E-state index < -0.39 is 15.8 Å². The highest BCUT2D eigenvalue weighted by Gasteiger charge is 2.41. The van der Waals surface area contributed by atoms with Crippen LogP contribution in [-0.4, -0.2) is 33.5 Å². The van der Waals surface area contributed by atoms with Crippen molar-refractivity contribution in [2.24, 2.45) is 0 Å². The predicted octanol–water partition coefficient (Wildman–Crippen LogP) is 2.89. The number of rotatable bonds is 5. The van der Waals surface area contributed by atoms with Gasteiger partial charge in [0.2, 0.25) is 5.78 Å². The molecule has 4 rings (SSSR count). The third-order valence-corrected chi connectivity index (χ3v) is 7.35. The van der Waals surface area contributed by atoms with Crippen LogP contribution in [0.4, 0.5) is 5.69 Å². The second-order valence-electron chi connectivity index (χ2n) is 6.51. The topological polar surface area (TPSA) is 75.7 Å². The second-order valence-corrected chi connectivity index (χ2v) is 9.26. The van der Waals surface area contributed by atoms with E-state index in [9.17, 15) is 13.2 Å². The molecule has 142 valence electrons. The van der Waals surface area contributed by atoms with E-state index >= 15 is 0 Å². The van der Waals surface area contributed by atoms with E-state index in [4.69, 9.17) is 4.74 Å². The Morgan fingerprint density at radius 1 is 1.26 bits per heavy atom. The molecule has 0 spiro atoms. The highest BCUT2D eigenvalue weighted by atomic mass is 32.2. The number of anilines is 1. The molecule has 1 aromatic heterocycles. The van der Waals surface area contributed by atoms with Gasteiger partial charge in [0, 0.05) is 19.4 Å². The van der Waals surface area contributed by atoms with Gasteiger partial charge >= 0.3 is 0 Å². The maximum Gasteiger partial charge on any atom is 0.270 e. The fraction of sp³-hybridized carbons (Fsp3) is 0.316. The van der Waals surface area contributed by atoms with E-state index in [1.54, 1.807) is 11.4 Å². The van der Waals surface area contributed by atoms with Gasteiger partial charge in [-0.1, -0.05) is 30.3 Å². The molecule has 6 nitrogen and oxygen atoms in total. The summed E-state index contributed by atoms with van der Waals surface area (Å²) >= 11 is 1.26. The van der Waals surface area contributed by atoms with Crippen LogP contribution in [0.2, 0.25) is 0 Å². The molecule has 0 amide bonds. The Bertz CT molecular complexity index is 961. The van der Waals surface area contributed by atoms with Crippen molar-refractivity contribution in [1.29, 1.82) is 0 Å². The van der Waals surface area contributed by atoms with Gasteiger partial charge in [-0.2, -0.15) is 0 Å². The minimum atomic E-state index is -3.94. The summed E-state index contributed by atoms with van der Waals surface area (Å²) < 4.78 is 33.2. The number of ketones is 1. The van der Waals surface area contributed by atoms with Crippen molar-refractivity contribution in [2.45, 2.75) is 25.5 Å². The van der Waals surface area contributed by atoms with Gasteiger partial charge in [-0.05, 0) is 29.9 Å². The molecule has 2 aromatic rings. The number of benzene rings is 1. The van der Waals surface area contributed by atoms with E-state index in [0.29, 0.717) is 17.1 Å². The number of allylic oxidation sites excluding steroid dienone is 1. The Balaban J connectivity index is 1.65. The van der Waals surface area contributed by atoms with Gasteiger partial charge in [-0.3, -0.25) is 9.10 Å². The summed E-state index contributed by atoms with van der Waals surface area (Å²) in [6, 6.07) is 11.0. The van der Waals surface area contributed by atoms with Crippen molar-refractivity contribution in [2.75, 3.05) is 17.5 Å². The third-order valence-electron chi connectivity index (χ3n) is 4.68. The molecule has 27 heavy (non-hydrogen) atoms. The number of hydrogen-bond acceptors (Lipinski definition) is 6. The highest BCUT2D eigenvalue weighted by molar-refractivity contribution is 7.97. The number of nitrogens with zero attached hydrogens (tertiary/aromatic N) is 1. The molecule has 1 fully saturated rings. The standard InChI is InChI=1S/C19H20N2O4S2/c22-18-17(12-20-11-15-7-4-9-25-15)27(23,24)21(16-8-10-26-19(16)18)13-14-5-2-1-3-6-14/h1-3,5-6,8,10,12,15,20H,4,7,9,11,13H2/b17-12-/t15-/m1/s1. The summed E-state index contributed by atoms with van der Waals surface area (Å²) in [5, 5.41) is 4.73. The van der Waals surface area contributed by atoms with E-state index in [1.165, 1.54) is 21.8 Å². The first-order valence-electron chi connectivity index (χ1n) is 8.81. The van der Waals surface area contributed by atoms with Crippen LogP contribution in [0, 0.1) is 0 Å². The zero-order valence-corrected chi connectivity index (χ0v) is 16.3. The SMILES string of the molecule is O=C1/C(=C/NC[C@H]2CCCO2)S(=O)(=O)N(Cc2ccccc2)c2ccsc21. The maximum absolute atomic E-state index is 13.2. The van der Waals surface area contributed by atoms with Crippen molar-refractivity contribution in [3.8, 4) is 0 Å². The quantitative estimate of drug-likeness (QED) is 0.776. The molecule has 1 aromatic carbocycles. The lowest BCUT2D eigenvalue weighted by atomic mass is 10.2. The summed E-state index contributed by atoms with van der Waals surface area (Å²) in [5.41, 5.74) is 1.31. The number of sulfonamides is 1. The van der Waals surface area contributed by atoms with E-state index in [-0.39, 0.29) is 17.6 Å². The average Bonchev–Trinajstić information content (AvgIpc) is 3.34. The lowest BCUT2D eigenvalue weighted by molar-refractivity contribution is 0.104. The fourth-order valence-corrected chi connectivity index (χ4v) is 5.80. The molecule has 0 radical (unpaired) electrons. The van der Waals surface area contributed by atoms with Gasteiger partial charge in [0.1, 0.15) is 4.88 Å². The Hall–Kier alpha value is -2.16. The van der Waals surface area contributed by atoms with E-state index in [0.717, 1.165) is 25.0 Å². The van der Waals surface area contributed by atoms with Crippen LogP contribution < -0.4 is 9.62 Å². The minimum absolute atomic E-state index is 0.0565. The molecule has 0 saturated carbocycles. The molecule has 0 aliphatic carbocycles. The van der Waals surface area contributed by atoms with Crippen molar-refractivity contribution in [3.05, 3.63) is 63.3 Å². The summed E-state index contributed by atoms with van der Waals surface area (Å²) in [5.74, 6) is -0.454. The molecule has 1 saturated heterocycles. The van der Waals surface area contributed by atoms with Gasteiger partial charge in [0.25, 0.3) is 10.0 Å². The molecular weight excluding hydrogens is 384 g/mol. The summed E-state index contributed by atoms with van der Waals surface area (Å²) in [4.78, 5) is 13.0. The molecule has 1 N–H and O–H groups in total. The lowest BCUT2D eigenvalue weighted by Crippen LogP contribution is -2.39. The Morgan fingerprint density at radius 2 is 2.07 bits per heavy atom. The smallest absolute Gasteiger partial charge is 0.270 e. The number of thiophene rings is 1. The number of carbonyl (C=O) groups excluding carboxylic acids is 1. The monoisotopic (exact) mass is 404 g/mol. The van der Waals surface area contributed by atoms with Crippen LogP contribution >= 0.6 is 11.3 Å². The van der Waals surface area contributed by atoms with Crippen molar-refractivity contribution < 1.29 is 17.9 Å². The van der Waals surface area contributed by atoms with Crippen LogP contribution in [0.25, 0.3) is 0 Å². The number of hydrogen-bond donors (Lipinski definition) is 1. The van der Waals surface area contributed by atoms with Crippen molar-refractivity contribution in [1.82, 2.24) is 5.32 Å². The predicted molar refractivity (Wildman–Crippen MR) is 105 cm³/mol. The van der Waals surface area contributed by atoms with Crippen molar-refractivity contribution in [3.63, 3.8) is 0 Å². The average molecular weight is 405 g/mol. The Labute approximate surface area is 162 Å². The largest absolute Gasteiger partial charge is 0.387 e. The molecule has 0 bridgehead atoms. The van der Waals surface area contributed by atoms with Crippen LogP contribution in [0.5, 0.6) is 0 Å². The minimum Gasteiger partial charge on any atom is -0.387 e. The molecule has 0 unspecified atom stereocenters. The molecule has 2 aliphatic heterocycles. The zero-order chi connectivity index (χ0) is 18.9. The molecule has 3 heterocycles. The highest BCUT2D eigenvalue weighted by Crippen LogP contribution is 2.39. The van der Waals surface area contributed by atoms with Crippen LogP contribution in [0.15, 0.2) is 52.9 Å². The lowest BCUT2D eigenvalue weighted by Gasteiger charge is -2.29. The van der Waals surface area contributed by atoms with Crippen LogP contribution in [0.3, 0.4) is 0 Å². The van der Waals surface area contributed by atoms with Gasteiger partial charge < -0.3 is 10.1 Å². The zero-order valence-electron chi connectivity index (χ0n) is 14.6. The molecule has 8 heteroatoms. The third kappa shape index (κ3) is 3.52. The fourth-order valence-electron chi connectivity index (χ4n) is 3.29. The van der Waals surface area contributed by atoms with E-state index in [2.05, 4.69) is 5.32 Å². The van der Waals surface area contributed by atoms with Crippen molar-refractivity contribution >= 4 is 32.8 Å². The number of Topliss-reactive ketones (excluding diaryl/α,β-unsaturated/α-hetero) is 1. The number of carbonyl (C=O) groups is 1. The first kappa shape index (κ1) is 18.2. The molecule has 2 aliphatic rings. The van der Waals surface area contributed by atoms with Gasteiger partial charge in [-0.25, -0.2) is 8.42 Å². The second kappa shape index (κ2) is 7.46. The van der Waals surface area contributed by atoms with E-state index in [1.807, 2.05) is 30.3 Å².